The van der Waals surface area contributed by atoms with E-state index in [2.05, 4.69) is 41.7 Å². The van der Waals surface area contributed by atoms with Crippen LogP contribution in [0.3, 0.4) is 0 Å². The van der Waals surface area contributed by atoms with Gasteiger partial charge in [0, 0.05) is 57.0 Å². The SMILES string of the molecule is CN(c1nccc(N2CCOCC2)n1)C1CCCN(c2ncnc3cnccc23)C1. The fourth-order valence-corrected chi connectivity index (χ4v) is 4.25. The molecule has 1 unspecified atom stereocenters. The summed E-state index contributed by atoms with van der Waals surface area (Å²) in [5.41, 5.74) is 0.875. The number of morpholine rings is 1. The van der Waals surface area contributed by atoms with Crippen LogP contribution in [0.4, 0.5) is 17.6 Å². The molecule has 0 N–H and O–H groups in total. The number of hydrogen-bond acceptors (Lipinski definition) is 9. The first-order valence-corrected chi connectivity index (χ1v) is 10.5. The van der Waals surface area contributed by atoms with Crippen molar-refractivity contribution in [3.8, 4) is 0 Å². The number of aromatic nitrogens is 5. The standard InChI is InChI=1S/C21H26N8O/c1-27(21-23-7-5-19(26-21)28-9-11-30-12-10-28)16-3-2-8-29(14-16)20-17-4-6-22-13-18(17)24-15-25-20/h4-7,13,15-16H,2-3,8-12,14H2,1H3. The Morgan fingerprint density at radius 2 is 1.93 bits per heavy atom. The first kappa shape index (κ1) is 18.9. The van der Waals surface area contributed by atoms with Crippen molar-refractivity contribution in [1.82, 2.24) is 24.9 Å². The minimum absolute atomic E-state index is 0.311. The lowest BCUT2D eigenvalue weighted by atomic mass is 10.0. The zero-order valence-electron chi connectivity index (χ0n) is 17.2. The molecule has 1 atom stereocenters. The van der Waals surface area contributed by atoms with Crippen molar-refractivity contribution in [2.24, 2.45) is 0 Å². The van der Waals surface area contributed by atoms with Crippen LogP contribution in [0.2, 0.25) is 0 Å². The normalized spacial score (nSPS) is 19.8. The lowest BCUT2D eigenvalue weighted by Gasteiger charge is -2.38. The van der Waals surface area contributed by atoms with Gasteiger partial charge in [-0.2, -0.15) is 4.98 Å². The van der Waals surface area contributed by atoms with E-state index in [0.29, 0.717) is 6.04 Å². The molecule has 5 rings (SSSR count). The van der Waals surface area contributed by atoms with Crippen LogP contribution in [-0.4, -0.2) is 77.4 Å². The van der Waals surface area contributed by atoms with Gasteiger partial charge in [0.15, 0.2) is 0 Å². The zero-order valence-corrected chi connectivity index (χ0v) is 17.2. The molecule has 9 nitrogen and oxygen atoms in total. The van der Waals surface area contributed by atoms with E-state index in [-0.39, 0.29) is 0 Å². The Morgan fingerprint density at radius 1 is 1.03 bits per heavy atom. The van der Waals surface area contributed by atoms with Gasteiger partial charge in [-0.3, -0.25) is 4.98 Å². The Bertz CT molecular complexity index is 1000. The summed E-state index contributed by atoms with van der Waals surface area (Å²) in [6.07, 6.45) is 9.26. The molecular weight excluding hydrogens is 380 g/mol. The molecule has 0 bridgehead atoms. The molecule has 0 saturated carbocycles. The molecule has 0 aromatic carbocycles. The Kier molecular flexibility index (Phi) is 5.27. The number of anilines is 3. The minimum Gasteiger partial charge on any atom is -0.378 e. The molecule has 156 valence electrons. The second-order valence-corrected chi connectivity index (χ2v) is 7.76. The number of nitrogens with zero attached hydrogens (tertiary/aromatic N) is 8. The van der Waals surface area contributed by atoms with Crippen LogP contribution in [0.25, 0.3) is 10.9 Å². The third-order valence-electron chi connectivity index (χ3n) is 5.94. The van der Waals surface area contributed by atoms with Crippen molar-refractivity contribution in [2.75, 3.05) is 61.1 Å². The van der Waals surface area contributed by atoms with Crippen molar-refractivity contribution in [1.29, 1.82) is 0 Å². The average molecular weight is 406 g/mol. The van der Waals surface area contributed by atoms with Gasteiger partial charge in [0.25, 0.3) is 0 Å². The van der Waals surface area contributed by atoms with Crippen LogP contribution < -0.4 is 14.7 Å². The number of rotatable bonds is 4. The molecule has 3 aromatic rings. The van der Waals surface area contributed by atoms with Gasteiger partial charge in [0.1, 0.15) is 18.0 Å². The van der Waals surface area contributed by atoms with Gasteiger partial charge in [-0.1, -0.05) is 0 Å². The number of hydrogen-bond donors (Lipinski definition) is 0. The van der Waals surface area contributed by atoms with E-state index < -0.39 is 0 Å². The highest BCUT2D eigenvalue weighted by Gasteiger charge is 2.27. The van der Waals surface area contributed by atoms with Crippen molar-refractivity contribution in [3.63, 3.8) is 0 Å². The molecule has 0 spiro atoms. The summed E-state index contributed by atoms with van der Waals surface area (Å²) in [6, 6.07) is 4.29. The largest absolute Gasteiger partial charge is 0.378 e. The van der Waals surface area contributed by atoms with Gasteiger partial charge in [0.05, 0.1) is 24.9 Å². The minimum atomic E-state index is 0.311. The van der Waals surface area contributed by atoms with Crippen molar-refractivity contribution >= 4 is 28.5 Å². The molecule has 2 fully saturated rings. The maximum Gasteiger partial charge on any atom is 0.227 e. The molecule has 2 aliphatic rings. The molecule has 0 aliphatic carbocycles. The van der Waals surface area contributed by atoms with E-state index in [1.165, 1.54) is 0 Å². The second-order valence-electron chi connectivity index (χ2n) is 7.76. The molecular formula is C21H26N8O. The third kappa shape index (κ3) is 3.72. The lowest BCUT2D eigenvalue weighted by Crippen LogP contribution is -2.47. The zero-order chi connectivity index (χ0) is 20.3. The van der Waals surface area contributed by atoms with E-state index in [0.717, 1.165) is 80.7 Å². The Hall–Kier alpha value is -3.07. The first-order valence-electron chi connectivity index (χ1n) is 10.5. The molecule has 2 aliphatic heterocycles. The van der Waals surface area contributed by atoms with Crippen molar-refractivity contribution in [3.05, 3.63) is 37.1 Å². The quantitative estimate of drug-likeness (QED) is 0.643. The van der Waals surface area contributed by atoms with Gasteiger partial charge in [-0.05, 0) is 25.0 Å². The van der Waals surface area contributed by atoms with Gasteiger partial charge >= 0.3 is 0 Å². The number of piperidine rings is 1. The molecule has 3 aromatic heterocycles. The van der Waals surface area contributed by atoms with Crippen LogP contribution in [-0.2, 0) is 4.74 Å². The average Bonchev–Trinajstić information content (AvgIpc) is 2.84. The molecule has 9 heteroatoms. The molecule has 5 heterocycles. The Morgan fingerprint density at radius 3 is 2.83 bits per heavy atom. The third-order valence-corrected chi connectivity index (χ3v) is 5.94. The van der Waals surface area contributed by atoms with Gasteiger partial charge in [-0.25, -0.2) is 15.0 Å². The van der Waals surface area contributed by atoms with E-state index >= 15 is 0 Å². The van der Waals surface area contributed by atoms with Gasteiger partial charge in [-0.15, -0.1) is 0 Å². The predicted molar refractivity (Wildman–Crippen MR) is 116 cm³/mol. The highest BCUT2D eigenvalue weighted by molar-refractivity contribution is 5.88. The summed E-state index contributed by atoms with van der Waals surface area (Å²) >= 11 is 0. The molecule has 0 amide bonds. The number of likely N-dealkylation sites (N-methyl/N-ethyl adjacent to an activating group) is 1. The van der Waals surface area contributed by atoms with Crippen molar-refractivity contribution in [2.45, 2.75) is 18.9 Å². The van der Waals surface area contributed by atoms with E-state index in [1.54, 1.807) is 18.7 Å². The summed E-state index contributed by atoms with van der Waals surface area (Å²) < 4.78 is 5.46. The molecule has 30 heavy (non-hydrogen) atoms. The first-order chi connectivity index (χ1) is 14.8. The number of ether oxygens (including phenoxy) is 1. The molecule has 0 radical (unpaired) electrons. The maximum absolute atomic E-state index is 5.46. The smallest absolute Gasteiger partial charge is 0.227 e. The van der Waals surface area contributed by atoms with Crippen LogP contribution in [0.1, 0.15) is 12.8 Å². The van der Waals surface area contributed by atoms with Gasteiger partial charge < -0.3 is 19.4 Å². The van der Waals surface area contributed by atoms with Crippen LogP contribution in [0, 0.1) is 0 Å². The van der Waals surface area contributed by atoms with E-state index in [4.69, 9.17) is 9.72 Å². The summed E-state index contributed by atoms with van der Waals surface area (Å²) in [5, 5.41) is 1.04. The number of pyridine rings is 1. The second kappa shape index (κ2) is 8.35. The summed E-state index contributed by atoms with van der Waals surface area (Å²) in [5.74, 6) is 2.71. The van der Waals surface area contributed by atoms with Crippen molar-refractivity contribution < 1.29 is 4.74 Å². The van der Waals surface area contributed by atoms with Gasteiger partial charge in [0.2, 0.25) is 5.95 Å². The predicted octanol–water partition coefficient (Wildman–Crippen LogP) is 1.76. The Balaban J connectivity index is 1.36. The number of fused-ring (bicyclic) bond motifs is 1. The monoisotopic (exact) mass is 406 g/mol. The summed E-state index contributed by atoms with van der Waals surface area (Å²) in [4.78, 5) is 29.4. The highest BCUT2D eigenvalue weighted by Crippen LogP contribution is 2.27. The topological polar surface area (TPSA) is 83.4 Å². The van der Waals surface area contributed by atoms with E-state index in [9.17, 15) is 0 Å². The Labute approximate surface area is 175 Å². The lowest BCUT2D eigenvalue weighted by molar-refractivity contribution is 0.122. The maximum atomic E-state index is 5.46. The summed E-state index contributed by atoms with van der Waals surface area (Å²) in [6.45, 7) is 5.08. The fraction of sp³-hybridized carbons (Fsp3) is 0.476. The summed E-state index contributed by atoms with van der Waals surface area (Å²) in [7, 11) is 2.09. The van der Waals surface area contributed by atoms with Crippen LogP contribution >= 0.6 is 0 Å². The fourth-order valence-electron chi connectivity index (χ4n) is 4.25. The van der Waals surface area contributed by atoms with Crippen LogP contribution in [0.5, 0.6) is 0 Å². The van der Waals surface area contributed by atoms with Crippen LogP contribution in [0.15, 0.2) is 37.1 Å². The highest BCUT2D eigenvalue weighted by atomic mass is 16.5. The van der Waals surface area contributed by atoms with E-state index in [1.807, 2.05) is 18.3 Å². The molecule has 2 saturated heterocycles.